The monoisotopic (exact) mass is 293 g/mol. The van der Waals surface area contributed by atoms with Crippen LogP contribution < -0.4 is 4.90 Å². The van der Waals surface area contributed by atoms with Crippen LogP contribution in [0.15, 0.2) is 48.8 Å². The zero-order valence-corrected chi connectivity index (χ0v) is 12.8. The number of H-pyrrole nitrogens is 1. The van der Waals surface area contributed by atoms with Gasteiger partial charge in [0.15, 0.2) is 0 Å². The average Bonchev–Trinajstić information content (AvgIpc) is 2.95. The zero-order chi connectivity index (χ0) is 15.5. The summed E-state index contributed by atoms with van der Waals surface area (Å²) in [6, 6.07) is 13.9. The van der Waals surface area contributed by atoms with Crippen molar-refractivity contribution in [2.45, 2.75) is 20.3 Å². The quantitative estimate of drug-likeness (QED) is 0.800. The fourth-order valence-electron chi connectivity index (χ4n) is 2.66. The highest BCUT2D eigenvalue weighted by atomic mass is 16.2. The number of hydrogen-bond donors (Lipinski definition) is 1. The summed E-state index contributed by atoms with van der Waals surface area (Å²) in [7, 11) is 0. The van der Waals surface area contributed by atoms with Crippen molar-refractivity contribution in [3.63, 3.8) is 0 Å². The number of carbonyl (C=O) groups is 1. The van der Waals surface area contributed by atoms with Crippen LogP contribution in [-0.4, -0.2) is 22.4 Å². The van der Waals surface area contributed by atoms with E-state index in [4.69, 9.17) is 0 Å². The first-order valence-corrected chi connectivity index (χ1v) is 7.46. The maximum absolute atomic E-state index is 12.6. The molecule has 0 atom stereocenters. The number of benzene rings is 2. The molecule has 2 aromatic carbocycles. The molecule has 1 aromatic heterocycles. The molecular formula is C18H19N3O. The van der Waals surface area contributed by atoms with Crippen molar-refractivity contribution < 1.29 is 4.79 Å². The number of aryl methyl sites for hydroxylation is 1. The lowest BCUT2D eigenvalue weighted by Crippen LogP contribution is -2.32. The molecule has 0 fully saturated rings. The SMILES string of the molecule is CCN(C(=O)Cc1ccc2nc[nH]c2c1)c1cccc(C)c1. The second kappa shape index (κ2) is 6.02. The number of likely N-dealkylation sites (N-methyl/N-ethyl adjacent to an activating group) is 1. The Balaban J connectivity index is 1.82. The largest absolute Gasteiger partial charge is 0.345 e. The number of hydrogen-bond acceptors (Lipinski definition) is 2. The highest BCUT2D eigenvalue weighted by molar-refractivity contribution is 5.95. The predicted octanol–water partition coefficient (Wildman–Crippen LogP) is 3.47. The topological polar surface area (TPSA) is 49.0 Å². The number of aromatic amines is 1. The Morgan fingerprint density at radius 3 is 2.86 bits per heavy atom. The van der Waals surface area contributed by atoms with Crippen molar-refractivity contribution >= 4 is 22.6 Å². The third kappa shape index (κ3) is 2.86. The van der Waals surface area contributed by atoms with E-state index in [1.54, 1.807) is 6.33 Å². The molecule has 1 N–H and O–H groups in total. The number of amides is 1. The van der Waals surface area contributed by atoms with Gasteiger partial charge >= 0.3 is 0 Å². The van der Waals surface area contributed by atoms with Crippen molar-refractivity contribution in [3.8, 4) is 0 Å². The minimum atomic E-state index is 0.104. The molecule has 4 heteroatoms. The summed E-state index contributed by atoms with van der Waals surface area (Å²) in [5, 5.41) is 0. The van der Waals surface area contributed by atoms with Gasteiger partial charge in [0.2, 0.25) is 5.91 Å². The van der Waals surface area contributed by atoms with Crippen molar-refractivity contribution in [2.75, 3.05) is 11.4 Å². The molecule has 1 heterocycles. The van der Waals surface area contributed by atoms with Gasteiger partial charge in [-0.15, -0.1) is 0 Å². The van der Waals surface area contributed by atoms with Crippen molar-refractivity contribution in [3.05, 3.63) is 59.9 Å². The lowest BCUT2D eigenvalue weighted by molar-refractivity contribution is -0.117. The number of anilines is 1. The summed E-state index contributed by atoms with van der Waals surface area (Å²) in [6.45, 7) is 4.70. The molecule has 0 aliphatic rings. The van der Waals surface area contributed by atoms with E-state index >= 15 is 0 Å². The van der Waals surface area contributed by atoms with Gasteiger partial charge in [-0.2, -0.15) is 0 Å². The number of fused-ring (bicyclic) bond motifs is 1. The second-order valence-corrected chi connectivity index (χ2v) is 5.41. The first-order valence-electron chi connectivity index (χ1n) is 7.46. The zero-order valence-electron chi connectivity index (χ0n) is 12.8. The maximum atomic E-state index is 12.6. The summed E-state index contributed by atoms with van der Waals surface area (Å²) in [6.07, 6.45) is 2.05. The van der Waals surface area contributed by atoms with E-state index in [0.29, 0.717) is 13.0 Å². The van der Waals surface area contributed by atoms with E-state index in [2.05, 4.69) is 9.97 Å². The van der Waals surface area contributed by atoms with Crippen molar-refractivity contribution in [1.29, 1.82) is 0 Å². The molecule has 22 heavy (non-hydrogen) atoms. The summed E-state index contributed by atoms with van der Waals surface area (Å²) < 4.78 is 0. The third-order valence-electron chi connectivity index (χ3n) is 3.77. The second-order valence-electron chi connectivity index (χ2n) is 5.41. The Morgan fingerprint density at radius 1 is 1.23 bits per heavy atom. The molecule has 112 valence electrons. The molecule has 1 amide bonds. The minimum Gasteiger partial charge on any atom is -0.345 e. The van der Waals surface area contributed by atoms with E-state index in [1.807, 2.05) is 61.2 Å². The Kier molecular flexibility index (Phi) is 3.92. The molecular weight excluding hydrogens is 274 g/mol. The molecule has 0 saturated heterocycles. The van der Waals surface area contributed by atoms with E-state index in [0.717, 1.165) is 27.8 Å². The van der Waals surface area contributed by atoms with Crippen LogP contribution in [0.1, 0.15) is 18.1 Å². The highest BCUT2D eigenvalue weighted by Crippen LogP contribution is 2.18. The summed E-state index contributed by atoms with van der Waals surface area (Å²) in [5.74, 6) is 0.104. The van der Waals surface area contributed by atoms with Crippen LogP contribution in [0.5, 0.6) is 0 Å². The molecule has 0 aliphatic heterocycles. The molecule has 0 spiro atoms. The lowest BCUT2D eigenvalue weighted by Gasteiger charge is -2.21. The number of nitrogens with one attached hydrogen (secondary N) is 1. The fraction of sp³-hybridized carbons (Fsp3) is 0.222. The van der Waals surface area contributed by atoms with Crippen LogP contribution >= 0.6 is 0 Å². The van der Waals surface area contributed by atoms with Crippen molar-refractivity contribution in [1.82, 2.24) is 9.97 Å². The molecule has 0 unspecified atom stereocenters. The fourth-order valence-corrected chi connectivity index (χ4v) is 2.66. The van der Waals surface area contributed by atoms with Gasteiger partial charge in [0.25, 0.3) is 0 Å². The summed E-state index contributed by atoms with van der Waals surface area (Å²) in [4.78, 5) is 21.7. The lowest BCUT2D eigenvalue weighted by atomic mass is 10.1. The number of nitrogens with zero attached hydrogens (tertiary/aromatic N) is 2. The van der Waals surface area contributed by atoms with E-state index < -0.39 is 0 Å². The van der Waals surface area contributed by atoms with Crippen LogP contribution in [0.3, 0.4) is 0 Å². The minimum absolute atomic E-state index is 0.104. The standard InChI is InChI=1S/C18H19N3O/c1-3-21(15-6-4-5-13(2)9-15)18(22)11-14-7-8-16-17(10-14)20-12-19-16/h4-10,12H,3,11H2,1-2H3,(H,19,20). The van der Waals surface area contributed by atoms with E-state index in [-0.39, 0.29) is 5.91 Å². The van der Waals surface area contributed by atoms with Crippen LogP contribution in [-0.2, 0) is 11.2 Å². The number of carbonyl (C=O) groups excluding carboxylic acids is 1. The van der Waals surface area contributed by atoms with Crippen LogP contribution in [0, 0.1) is 6.92 Å². The van der Waals surface area contributed by atoms with Gasteiger partial charge in [-0.1, -0.05) is 18.2 Å². The van der Waals surface area contributed by atoms with Crippen LogP contribution in [0.2, 0.25) is 0 Å². The van der Waals surface area contributed by atoms with Gasteiger partial charge in [-0.3, -0.25) is 4.79 Å². The number of rotatable bonds is 4. The van der Waals surface area contributed by atoms with Gasteiger partial charge in [-0.25, -0.2) is 4.98 Å². The van der Waals surface area contributed by atoms with Gasteiger partial charge in [0, 0.05) is 12.2 Å². The molecule has 3 aromatic rings. The predicted molar refractivity (Wildman–Crippen MR) is 89.0 cm³/mol. The van der Waals surface area contributed by atoms with Crippen LogP contribution in [0.4, 0.5) is 5.69 Å². The summed E-state index contributed by atoms with van der Waals surface area (Å²) in [5.41, 5.74) is 4.98. The first kappa shape index (κ1) is 14.3. The Labute approximate surface area is 129 Å². The normalized spacial score (nSPS) is 10.8. The van der Waals surface area contributed by atoms with Gasteiger partial charge in [0.1, 0.15) is 0 Å². The smallest absolute Gasteiger partial charge is 0.231 e. The number of aromatic nitrogens is 2. The van der Waals surface area contributed by atoms with E-state index in [9.17, 15) is 4.79 Å². The van der Waals surface area contributed by atoms with Crippen molar-refractivity contribution in [2.24, 2.45) is 0 Å². The van der Waals surface area contributed by atoms with Gasteiger partial charge < -0.3 is 9.88 Å². The Bertz CT molecular complexity index is 807. The summed E-state index contributed by atoms with van der Waals surface area (Å²) >= 11 is 0. The molecule has 0 bridgehead atoms. The Hall–Kier alpha value is -2.62. The van der Waals surface area contributed by atoms with Gasteiger partial charge in [-0.05, 0) is 49.2 Å². The van der Waals surface area contributed by atoms with Crippen LogP contribution in [0.25, 0.3) is 11.0 Å². The molecule has 0 radical (unpaired) electrons. The first-order chi connectivity index (χ1) is 10.7. The maximum Gasteiger partial charge on any atom is 0.231 e. The molecule has 4 nitrogen and oxygen atoms in total. The number of imidazole rings is 1. The molecule has 0 aliphatic carbocycles. The Morgan fingerprint density at radius 2 is 2.09 bits per heavy atom. The average molecular weight is 293 g/mol. The highest BCUT2D eigenvalue weighted by Gasteiger charge is 2.14. The molecule has 3 rings (SSSR count). The van der Waals surface area contributed by atoms with Gasteiger partial charge in [0.05, 0.1) is 23.8 Å². The van der Waals surface area contributed by atoms with E-state index in [1.165, 1.54) is 0 Å². The molecule has 0 saturated carbocycles. The third-order valence-corrected chi connectivity index (χ3v) is 3.77.